The number of hydrogen-bond donors (Lipinski definition) is 0. The Morgan fingerprint density at radius 2 is 1.56 bits per heavy atom. The van der Waals surface area contributed by atoms with Crippen molar-refractivity contribution in [3.8, 4) is 0 Å². The second kappa shape index (κ2) is 14.7. The quantitative estimate of drug-likeness (QED) is 0.281. The van der Waals surface area contributed by atoms with Crippen molar-refractivity contribution in [3.63, 3.8) is 0 Å². The lowest BCUT2D eigenvalue weighted by Gasteiger charge is -1.99. The Morgan fingerprint density at radius 3 is 2.31 bits per heavy atom. The normalized spacial score (nSPS) is 11.4. The zero-order valence-electron chi connectivity index (χ0n) is 11.0. The molecule has 0 aromatic rings. The molecular formula is C14H28O2. The highest BCUT2D eigenvalue weighted by molar-refractivity contribution is 4.81. The summed E-state index contributed by atoms with van der Waals surface area (Å²) in [6, 6.07) is 0. The molecule has 0 aliphatic heterocycles. The minimum atomic E-state index is 0.408. The van der Waals surface area contributed by atoms with E-state index in [2.05, 4.69) is 19.1 Å². The molecule has 0 aliphatic carbocycles. The van der Waals surface area contributed by atoms with Crippen LogP contribution in [-0.4, -0.2) is 20.5 Å². The Morgan fingerprint density at radius 1 is 0.875 bits per heavy atom. The fourth-order valence-corrected chi connectivity index (χ4v) is 1.57. The first-order chi connectivity index (χ1) is 7.91. The van der Waals surface area contributed by atoms with Crippen LogP contribution in [0, 0.1) is 0 Å². The summed E-state index contributed by atoms with van der Waals surface area (Å²) in [7, 11) is 1.65. The van der Waals surface area contributed by atoms with Gasteiger partial charge in [0.15, 0.2) is 0 Å². The van der Waals surface area contributed by atoms with Crippen LogP contribution < -0.4 is 0 Å². The molecule has 2 heteroatoms. The average Bonchev–Trinajstić information content (AvgIpc) is 2.31. The van der Waals surface area contributed by atoms with Crippen LogP contribution in [0.15, 0.2) is 12.2 Å². The van der Waals surface area contributed by atoms with Gasteiger partial charge in [-0.05, 0) is 19.3 Å². The Kier molecular flexibility index (Phi) is 14.3. The van der Waals surface area contributed by atoms with Gasteiger partial charge in [-0.3, -0.25) is 0 Å². The van der Waals surface area contributed by atoms with Crippen molar-refractivity contribution >= 4 is 0 Å². The number of methoxy groups -OCH3 is 1. The van der Waals surface area contributed by atoms with E-state index >= 15 is 0 Å². The Bertz CT molecular complexity index is 144. The summed E-state index contributed by atoms with van der Waals surface area (Å²) in [6.45, 7) is 3.43. The molecule has 0 fully saturated rings. The molecular weight excluding hydrogens is 200 g/mol. The van der Waals surface area contributed by atoms with Gasteiger partial charge in [0.05, 0.1) is 6.61 Å². The van der Waals surface area contributed by atoms with Crippen molar-refractivity contribution in [1.82, 2.24) is 0 Å². The Hall–Kier alpha value is -0.340. The van der Waals surface area contributed by atoms with Gasteiger partial charge < -0.3 is 9.47 Å². The first-order valence-corrected chi connectivity index (χ1v) is 6.63. The number of hydrogen-bond acceptors (Lipinski definition) is 2. The topological polar surface area (TPSA) is 18.5 Å². The molecule has 0 aromatic carbocycles. The average molecular weight is 228 g/mol. The number of unbranched alkanes of at least 4 members (excludes halogenated alkanes) is 6. The van der Waals surface area contributed by atoms with Crippen LogP contribution in [-0.2, 0) is 9.47 Å². The van der Waals surface area contributed by atoms with Crippen LogP contribution in [0.25, 0.3) is 0 Å². The largest absolute Gasteiger partial charge is 0.359 e. The van der Waals surface area contributed by atoms with E-state index in [4.69, 9.17) is 9.47 Å². The van der Waals surface area contributed by atoms with Gasteiger partial charge in [0.1, 0.15) is 6.79 Å². The zero-order valence-corrected chi connectivity index (χ0v) is 11.0. The third-order valence-corrected chi connectivity index (χ3v) is 2.52. The highest BCUT2D eigenvalue weighted by atomic mass is 16.7. The zero-order chi connectivity index (χ0) is 11.9. The summed E-state index contributed by atoms with van der Waals surface area (Å²) < 4.78 is 9.97. The molecule has 0 saturated carbocycles. The third-order valence-electron chi connectivity index (χ3n) is 2.52. The maximum absolute atomic E-state index is 5.18. The van der Waals surface area contributed by atoms with Gasteiger partial charge in [-0.2, -0.15) is 0 Å². The van der Waals surface area contributed by atoms with Gasteiger partial charge in [0.25, 0.3) is 0 Å². The minimum absolute atomic E-state index is 0.408. The number of allylic oxidation sites excluding steroid dienone is 1. The highest BCUT2D eigenvalue weighted by Gasteiger charge is 1.88. The fourth-order valence-electron chi connectivity index (χ4n) is 1.57. The van der Waals surface area contributed by atoms with E-state index in [1.54, 1.807) is 7.11 Å². The van der Waals surface area contributed by atoms with Crippen molar-refractivity contribution < 1.29 is 9.47 Å². The summed E-state index contributed by atoms with van der Waals surface area (Å²) in [4.78, 5) is 0. The van der Waals surface area contributed by atoms with E-state index < -0.39 is 0 Å². The van der Waals surface area contributed by atoms with Crippen LogP contribution in [0.2, 0.25) is 0 Å². The van der Waals surface area contributed by atoms with E-state index in [-0.39, 0.29) is 0 Å². The molecule has 0 bridgehead atoms. The molecule has 0 heterocycles. The molecule has 0 spiro atoms. The maximum Gasteiger partial charge on any atom is 0.146 e. The van der Waals surface area contributed by atoms with Gasteiger partial charge in [-0.1, -0.05) is 51.2 Å². The smallest absolute Gasteiger partial charge is 0.146 e. The molecule has 0 N–H and O–H groups in total. The van der Waals surface area contributed by atoms with E-state index in [0.29, 0.717) is 6.79 Å². The van der Waals surface area contributed by atoms with E-state index in [1.807, 2.05) is 0 Å². The molecule has 16 heavy (non-hydrogen) atoms. The molecule has 0 amide bonds. The van der Waals surface area contributed by atoms with Crippen LogP contribution in [0.5, 0.6) is 0 Å². The molecule has 0 radical (unpaired) electrons. The second-order valence-electron chi connectivity index (χ2n) is 4.13. The first-order valence-electron chi connectivity index (χ1n) is 6.63. The van der Waals surface area contributed by atoms with Crippen LogP contribution >= 0.6 is 0 Å². The summed E-state index contributed by atoms with van der Waals surface area (Å²) in [5.41, 5.74) is 0. The molecule has 0 aromatic heterocycles. The van der Waals surface area contributed by atoms with Crippen LogP contribution in [0.4, 0.5) is 0 Å². The minimum Gasteiger partial charge on any atom is -0.359 e. The molecule has 96 valence electrons. The molecule has 0 rings (SSSR count). The Balaban J connectivity index is 2.98. The fraction of sp³-hybridized carbons (Fsp3) is 0.857. The van der Waals surface area contributed by atoms with Gasteiger partial charge in [-0.25, -0.2) is 0 Å². The molecule has 0 unspecified atom stereocenters. The number of rotatable bonds is 12. The van der Waals surface area contributed by atoms with Gasteiger partial charge in [-0.15, -0.1) is 0 Å². The van der Waals surface area contributed by atoms with Gasteiger partial charge in [0.2, 0.25) is 0 Å². The SMILES string of the molecule is CCCCCCCC/C=C\CCOCOC. The van der Waals surface area contributed by atoms with E-state index in [0.717, 1.165) is 13.0 Å². The summed E-state index contributed by atoms with van der Waals surface area (Å²) in [6.07, 6.45) is 15.0. The highest BCUT2D eigenvalue weighted by Crippen LogP contribution is 2.07. The van der Waals surface area contributed by atoms with E-state index in [1.165, 1.54) is 44.9 Å². The predicted octanol–water partition coefficient (Wildman–Crippen LogP) is 4.30. The van der Waals surface area contributed by atoms with E-state index in [9.17, 15) is 0 Å². The standard InChI is InChI=1S/C14H28O2/c1-3-4-5-6-7-8-9-10-11-12-13-16-14-15-2/h10-11H,3-9,12-14H2,1-2H3/b11-10-. The van der Waals surface area contributed by atoms with Gasteiger partial charge >= 0.3 is 0 Å². The molecule has 2 nitrogen and oxygen atoms in total. The summed E-state index contributed by atoms with van der Waals surface area (Å²) in [5, 5.41) is 0. The lowest BCUT2D eigenvalue weighted by molar-refractivity contribution is -0.0285. The monoisotopic (exact) mass is 228 g/mol. The maximum atomic E-state index is 5.18. The molecule has 0 saturated heterocycles. The lowest BCUT2D eigenvalue weighted by atomic mass is 10.1. The molecule has 0 aliphatic rings. The van der Waals surface area contributed by atoms with Crippen LogP contribution in [0.3, 0.4) is 0 Å². The second-order valence-corrected chi connectivity index (χ2v) is 4.13. The summed E-state index contributed by atoms with van der Waals surface area (Å²) >= 11 is 0. The first kappa shape index (κ1) is 15.7. The van der Waals surface area contributed by atoms with Crippen molar-refractivity contribution in [2.45, 2.75) is 58.3 Å². The van der Waals surface area contributed by atoms with Gasteiger partial charge in [0, 0.05) is 7.11 Å². The van der Waals surface area contributed by atoms with Crippen molar-refractivity contribution in [2.75, 3.05) is 20.5 Å². The van der Waals surface area contributed by atoms with Crippen molar-refractivity contribution in [1.29, 1.82) is 0 Å². The van der Waals surface area contributed by atoms with Crippen molar-refractivity contribution in [3.05, 3.63) is 12.2 Å². The predicted molar refractivity (Wildman–Crippen MR) is 69.6 cm³/mol. The number of ether oxygens (including phenoxy) is 2. The Labute approximate surface area is 101 Å². The lowest BCUT2D eigenvalue weighted by Crippen LogP contribution is -1.96. The van der Waals surface area contributed by atoms with Crippen molar-refractivity contribution in [2.24, 2.45) is 0 Å². The molecule has 0 atom stereocenters. The summed E-state index contributed by atoms with van der Waals surface area (Å²) in [5.74, 6) is 0. The van der Waals surface area contributed by atoms with Crippen LogP contribution in [0.1, 0.15) is 58.3 Å². The third kappa shape index (κ3) is 13.7.